The molecule has 0 atom stereocenters. The largest absolute Gasteiger partial charge is 0.358 e. The standard InChI is InChI=1S/C13H19N3O2/c1-9-7-12(18)11(8-14-10(2)17)13(15-9)16-5-3-4-6-16/h7H,3-6,8H2,1-2H3,(H,14,17)(H,15,18). The maximum atomic E-state index is 12.0. The van der Waals surface area contributed by atoms with E-state index in [1.807, 2.05) is 6.92 Å². The van der Waals surface area contributed by atoms with Crippen LogP contribution >= 0.6 is 0 Å². The Labute approximate surface area is 106 Å². The molecule has 2 N–H and O–H groups in total. The van der Waals surface area contributed by atoms with Gasteiger partial charge in [-0.25, -0.2) is 0 Å². The van der Waals surface area contributed by atoms with Gasteiger partial charge in [-0.3, -0.25) is 9.59 Å². The summed E-state index contributed by atoms with van der Waals surface area (Å²) in [5, 5.41) is 2.70. The minimum Gasteiger partial charge on any atom is -0.358 e. The predicted molar refractivity (Wildman–Crippen MR) is 70.8 cm³/mol. The molecule has 2 rings (SSSR count). The number of aryl methyl sites for hydroxylation is 1. The molecule has 1 saturated heterocycles. The summed E-state index contributed by atoms with van der Waals surface area (Å²) in [4.78, 5) is 28.5. The number of aromatic nitrogens is 1. The van der Waals surface area contributed by atoms with Crippen LogP contribution in [0, 0.1) is 6.92 Å². The average Bonchev–Trinajstić information content (AvgIpc) is 2.79. The second kappa shape index (κ2) is 5.25. The molecular formula is C13H19N3O2. The molecule has 0 radical (unpaired) electrons. The number of nitrogens with one attached hydrogen (secondary N) is 2. The van der Waals surface area contributed by atoms with Gasteiger partial charge in [0.1, 0.15) is 5.82 Å². The Balaban J connectivity index is 2.35. The lowest BCUT2D eigenvalue weighted by Crippen LogP contribution is -2.29. The van der Waals surface area contributed by atoms with Crippen molar-refractivity contribution in [3.63, 3.8) is 0 Å². The van der Waals surface area contributed by atoms with Crippen LogP contribution < -0.4 is 15.6 Å². The van der Waals surface area contributed by atoms with Crippen molar-refractivity contribution in [2.75, 3.05) is 18.0 Å². The van der Waals surface area contributed by atoms with Crippen molar-refractivity contribution in [2.24, 2.45) is 0 Å². The van der Waals surface area contributed by atoms with E-state index >= 15 is 0 Å². The van der Waals surface area contributed by atoms with E-state index < -0.39 is 0 Å². The van der Waals surface area contributed by atoms with Gasteiger partial charge < -0.3 is 15.2 Å². The Morgan fingerprint density at radius 2 is 2.11 bits per heavy atom. The van der Waals surface area contributed by atoms with Crippen LogP contribution in [0.5, 0.6) is 0 Å². The zero-order valence-electron chi connectivity index (χ0n) is 10.9. The summed E-state index contributed by atoms with van der Waals surface area (Å²) in [5.74, 6) is 0.744. The van der Waals surface area contributed by atoms with Gasteiger partial charge >= 0.3 is 0 Å². The number of H-pyrrole nitrogens is 1. The highest BCUT2D eigenvalue weighted by Gasteiger charge is 2.18. The third-order valence-electron chi connectivity index (χ3n) is 3.18. The molecule has 1 amide bonds. The van der Waals surface area contributed by atoms with Crippen molar-refractivity contribution < 1.29 is 4.79 Å². The van der Waals surface area contributed by atoms with Gasteiger partial charge in [-0.15, -0.1) is 0 Å². The lowest BCUT2D eigenvalue weighted by Gasteiger charge is -2.21. The molecule has 2 heterocycles. The number of hydrogen-bond donors (Lipinski definition) is 2. The molecule has 0 aromatic carbocycles. The lowest BCUT2D eigenvalue weighted by atomic mass is 10.2. The highest BCUT2D eigenvalue weighted by Crippen LogP contribution is 2.20. The number of aromatic amines is 1. The molecule has 18 heavy (non-hydrogen) atoms. The van der Waals surface area contributed by atoms with E-state index in [0.29, 0.717) is 5.56 Å². The molecule has 5 nitrogen and oxygen atoms in total. The first-order chi connectivity index (χ1) is 8.58. The minimum atomic E-state index is -0.123. The van der Waals surface area contributed by atoms with Crippen LogP contribution in [-0.2, 0) is 11.3 Å². The van der Waals surface area contributed by atoms with E-state index in [2.05, 4.69) is 15.2 Å². The predicted octanol–water partition coefficient (Wildman–Crippen LogP) is 0.920. The fourth-order valence-electron chi connectivity index (χ4n) is 2.29. The van der Waals surface area contributed by atoms with Crippen molar-refractivity contribution >= 4 is 11.7 Å². The van der Waals surface area contributed by atoms with Crippen molar-refractivity contribution in [3.8, 4) is 0 Å². The Hall–Kier alpha value is -1.78. The molecule has 1 aromatic heterocycles. The Morgan fingerprint density at radius 1 is 1.44 bits per heavy atom. The quantitative estimate of drug-likeness (QED) is 0.837. The highest BCUT2D eigenvalue weighted by molar-refractivity contribution is 5.73. The summed E-state index contributed by atoms with van der Waals surface area (Å²) in [7, 11) is 0. The Morgan fingerprint density at radius 3 is 2.72 bits per heavy atom. The molecule has 1 aliphatic heterocycles. The maximum absolute atomic E-state index is 12.0. The molecule has 1 aromatic rings. The third-order valence-corrected chi connectivity index (χ3v) is 3.18. The van der Waals surface area contributed by atoms with E-state index in [0.717, 1.165) is 37.4 Å². The van der Waals surface area contributed by atoms with Crippen LogP contribution in [0.25, 0.3) is 0 Å². The molecular weight excluding hydrogens is 230 g/mol. The number of rotatable bonds is 3. The fourth-order valence-corrected chi connectivity index (χ4v) is 2.29. The molecule has 0 aliphatic carbocycles. The smallest absolute Gasteiger partial charge is 0.217 e. The zero-order valence-corrected chi connectivity index (χ0v) is 10.9. The van der Waals surface area contributed by atoms with Crippen LogP contribution in [-0.4, -0.2) is 24.0 Å². The zero-order chi connectivity index (χ0) is 13.1. The average molecular weight is 249 g/mol. The first-order valence-electron chi connectivity index (χ1n) is 6.30. The second-order valence-electron chi connectivity index (χ2n) is 4.75. The summed E-state index contributed by atoms with van der Waals surface area (Å²) in [6.07, 6.45) is 2.30. The van der Waals surface area contributed by atoms with Gasteiger partial charge in [0.25, 0.3) is 0 Å². The van der Waals surface area contributed by atoms with E-state index in [4.69, 9.17) is 0 Å². The van der Waals surface area contributed by atoms with Crippen LogP contribution in [0.2, 0.25) is 0 Å². The summed E-state index contributed by atoms with van der Waals surface area (Å²) < 4.78 is 0. The molecule has 0 saturated carbocycles. The van der Waals surface area contributed by atoms with Crippen molar-refractivity contribution in [1.29, 1.82) is 0 Å². The van der Waals surface area contributed by atoms with Gasteiger partial charge in [0, 0.05) is 31.8 Å². The Bertz CT molecular complexity index is 501. The number of pyridine rings is 1. The summed E-state index contributed by atoms with van der Waals surface area (Å²) >= 11 is 0. The third kappa shape index (κ3) is 2.72. The number of nitrogens with zero attached hydrogens (tertiary/aromatic N) is 1. The monoisotopic (exact) mass is 249 g/mol. The molecule has 0 spiro atoms. The number of amides is 1. The molecule has 0 bridgehead atoms. The maximum Gasteiger partial charge on any atom is 0.217 e. The van der Waals surface area contributed by atoms with Crippen LogP contribution in [0.4, 0.5) is 5.82 Å². The lowest BCUT2D eigenvalue weighted by molar-refractivity contribution is -0.119. The number of anilines is 1. The summed E-state index contributed by atoms with van der Waals surface area (Å²) in [6, 6.07) is 1.58. The normalized spacial score (nSPS) is 14.9. The van der Waals surface area contributed by atoms with Crippen molar-refractivity contribution in [2.45, 2.75) is 33.2 Å². The molecule has 0 unspecified atom stereocenters. The first kappa shape index (κ1) is 12.7. The molecule has 1 fully saturated rings. The van der Waals surface area contributed by atoms with Gasteiger partial charge in [-0.1, -0.05) is 0 Å². The van der Waals surface area contributed by atoms with Gasteiger partial charge in [0.2, 0.25) is 5.91 Å². The minimum absolute atomic E-state index is 0.0121. The van der Waals surface area contributed by atoms with E-state index in [1.54, 1.807) is 6.07 Å². The molecule has 5 heteroatoms. The first-order valence-corrected chi connectivity index (χ1v) is 6.30. The van der Waals surface area contributed by atoms with Gasteiger partial charge in [-0.05, 0) is 19.8 Å². The summed E-state index contributed by atoms with van der Waals surface area (Å²) in [5.41, 5.74) is 1.49. The van der Waals surface area contributed by atoms with Gasteiger partial charge in [-0.2, -0.15) is 0 Å². The topological polar surface area (TPSA) is 65.2 Å². The van der Waals surface area contributed by atoms with E-state index in [-0.39, 0.29) is 17.9 Å². The second-order valence-corrected chi connectivity index (χ2v) is 4.75. The van der Waals surface area contributed by atoms with Crippen molar-refractivity contribution in [3.05, 3.63) is 27.5 Å². The van der Waals surface area contributed by atoms with Crippen LogP contribution in [0.15, 0.2) is 10.9 Å². The van der Waals surface area contributed by atoms with Gasteiger partial charge in [0.05, 0.1) is 12.1 Å². The summed E-state index contributed by atoms with van der Waals surface area (Å²) in [6.45, 7) is 5.55. The van der Waals surface area contributed by atoms with E-state index in [9.17, 15) is 9.59 Å². The fraction of sp³-hybridized carbons (Fsp3) is 0.538. The van der Waals surface area contributed by atoms with Crippen LogP contribution in [0.3, 0.4) is 0 Å². The number of carbonyl (C=O) groups excluding carboxylic acids is 1. The molecule has 98 valence electrons. The number of carbonyl (C=O) groups is 1. The Kier molecular flexibility index (Phi) is 3.69. The highest BCUT2D eigenvalue weighted by atomic mass is 16.1. The number of hydrogen-bond acceptors (Lipinski definition) is 3. The van der Waals surface area contributed by atoms with Crippen LogP contribution in [0.1, 0.15) is 31.0 Å². The molecule has 1 aliphatic rings. The van der Waals surface area contributed by atoms with E-state index in [1.165, 1.54) is 6.92 Å². The van der Waals surface area contributed by atoms with Crippen molar-refractivity contribution in [1.82, 2.24) is 10.3 Å². The SMILES string of the molecule is CC(=O)NCc1c(N2CCCC2)[nH]c(C)cc1=O. The van der Waals surface area contributed by atoms with Gasteiger partial charge in [0.15, 0.2) is 5.43 Å².